The number of hydrogen-bond acceptors (Lipinski definition) is 4. The van der Waals surface area contributed by atoms with E-state index in [0.29, 0.717) is 15.9 Å². The van der Waals surface area contributed by atoms with Crippen LogP contribution < -0.4 is 10.9 Å². The summed E-state index contributed by atoms with van der Waals surface area (Å²) < 4.78 is 1.34. The van der Waals surface area contributed by atoms with Crippen LogP contribution in [-0.4, -0.2) is 15.5 Å². The van der Waals surface area contributed by atoms with E-state index in [1.54, 1.807) is 0 Å². The third-order valence-electron chi connectivity index (χ3n) is 4.23. The molecule has 0 aliphatic rings. The van der Waals surface area contributed by atoms with E-state index in [2.05, 4.69) is 10.3 Å². The maximum atomic E-state index is 12.8. The molecule has 0 aliphatic carbocycles. The summed E-state index contributed by atoms with van der Waals surface area (Å²) in [5.74, 6) is -0.263. The van der Waals surface area contributed by atoms with E-state index in [0.717, 1.165) is 16.0 Å². The number of aromatic nitrogens is 2. The minimum atomic E-state index is -0.263. The number of amides is 1. The summed E-state index contributed by atoms with van der Waals surface area (Å²) in [6.45, 7) is 1.91. The van der Waals surface area contributed by atoms with Crippen LogP contribution in [0.2, 0.25) is 0 Å². The zero-order chi connectivity index (χ0) is 18.8. The van der Waals surface area contributed by atoms with E-state index in [-0.39, 0.29) is 18.0 Å². The fraction of sp³-hybridized carbons (Fsp3) is 0.0952. The highest BCUT2D eigenvalue weighted by atomic mass is 32.1. The summed E-state index contributed by atoms with van der Waals surface area (Å²) in [5, 5.41) is 3.33. The Hall–Kier alpha value is -3.25. The molecule has 4 aromatic rings. The number of rotatable bonds is 4. The van der Waals surface area contributed by atoms with Crippen molar-refractivity contribution in [2.45, 2.75) is 13.5 Å². The molecule has 0 saturated carbocycles. The molecule has 0 aliphatic heterocycles. The first-order valence-electron chi connectivity index (χ1n) is 8.51. The number of aryl methyl sites for hydroxylation is 1. The van der Waals surface area contributed by atoms with Crippen molar-refractivity contribution in [3.05, 3.63) is 82.9 Å². The topological polar surface area (TPSA) is 64.0 Å². The zero-order valence-electron chi connectivity index (χ0n) is 14.7. The lowest BCUT2D eigenvalue weighted by Gasteiger charge is -2.07. The van der Waals surface area contributed by atoms with Gasteiger partial charge in [0.15, 0.2) is 0 Å². The van der Waals surface area contributed by atoms with Crippen LogP contribution in [0.4, 0.5) is 5.69 Å². The molecule has 1 N–H and O–H groups in total. The largest absolute Gasteiger partial charge is 0.325 e. The van der Waals surface area contributed by atoms with Crippen LogP contribution in [-0.2, 0) is 11.3 Å². The van der Waals surface area contributed by atoms with Crippen LogP contribution in [0.25, 0.3) is 20.7 Å². The van der Waals surface area contributed by atoms with E-state index in [1.165, 1.54) is 22.2 Å². The van der Waals surface area contributed by atoms with Gasteiger partial charge in [0, 0.05) is 10.6 Å². The second-order valence-corrected chi connectivity index (χ2v) is 7.32. The Bertz CT molecular complexity index is 1160. The third-order valence-corrected chi connectivity index (χ3v) is 5.32. The molecule has 2 aromatic carbocycles. The maximum Gasteiger partial charge on any atom is 0.262 e. The normalized spacial score (nSPS) is 10.9. The van der Waals surface area contributed by atoms with E-state index in [9.17, 15) is 9.59 Å². The Labute approximate surface area is 159 Å². The van der Waals surface area contributed by atoms with Crippen molar-refractivity contribution < 1.29 is 4.79 Å². The van der Waals surface area contributed by atoms with E-state index >= 15 is 0 Å². The maximum absolute atomic E-state index is 12.8. The van der Waals surface area contributed by atoms with Crippen molar-refractivity contribution in [2.75, 3.05) is 5.32 Å². The average Bonchev–Trinajstić information content (AvgIpc) is 3.12. The van der Waals surface area contributed by atoms with Crippen LogP contribution in [0.15, 0.2) is 71.8 Å². The highest BCUT2D eigenvalue weighted by molar-refractivity contribution is 7.21. The molecule has 6 heteroatoms. The second kappa shape index (κ2) is 7.17. The van der Waals surface area contributed by atoms with Crippen molar-refractivity contribution in [1.29, 1.82) is 0 Å². The van der Waals surface area contributed by atoms with Crippen LogP contribution in [0, 0.1) is 6.92 Å². The van der Waals surface area contributed by atoms with Gasteiger partial charge in [-0.1, -0.05) is 48.0 Å². The lowest BCUT2D eigenvalue weighted by molar-refractivity contribution is -0.116. The second-order valence-electron chi connectivity index (χ2n) is 6.29. The Balaban J connectivity index is 1.59. The predicted molar refractivity (Wildman–Crippen MR) is 109 cm³/mol. The third kappa shape index (κ3) is 3.66. The monoisotopic (exact) mass is 375 g/mol. The van der Waals surface area contributed by atoms with Gasteiger partial charge in [-0.2, -0.15) is 0 Å². The van der Waals surface area contributed by atoms with Gasteiger partial charge in [-0.15, -0.1) is 11.3 Å². The van der Waals surface area contributed by atoms with Crippen LogP contribution in [0.5, 0.6) is 0 Å². The number of fused-ring (bicyclic) bond motifs is 1. The number of carbonyl (C=O) groups is 1. The molecule has 0 spiro atoms. The number of carbonyl (C=O) groups excluding carboxylic acids is 1. The Morgan fingerprint density at radius 1 is 1.11 bits per heavy atom. The lowest BCUT2D eigenvalue weighted by Crippen LogP contribution is -2.27. The lowest BCUT2D eigenvalue weighted by atomic mass is 10.2. The van der Waals surface area contributed by atoms with Crippen molar-refractivity contribution >= 4 is 33.1 Å². The molecule has 27 heavy (non-hydrogen) atoms. The molecule has 0 radical (unpaired) electrons. The van der Waals surface area contributed by atoms with E-state index in [1.807, 2.05) is 67.6 Å². The summed E-state index contributed by atoms with van der Waals surface area (Å²) in [4.78, 5) is 31.1. The number of anilines is 1. The van der Waals surface area contributed by atoms with E-state index < -0.39 is 0 Å². The van der Waals surface area contributed by atoms with Gasteiger partial charge in [0.25, 0.3) is 5.56 Å². The van der Waals surface area contributed by atoms with Crippen molar-refractivity contribution in [2.24, 2.45) is 0 Å². The van der Waals surface area contributed by atoms with E-state index in [4.69, 9.17) is 0 Å². The first-order valence-corrected chi connectivity index (χ1v) is 9.33. The molecule has 0 unspecified atom stereocenters. The molecule has 0 fully saturated rings. The first-order chi connectivity index (χ1) is 13.1. The van der Waals surface area contributed by atoms with Crippen molar-refractivity contribution in [1.82, 2.24) is 9.55 Å². The van der Waals surface area contributed by atoms with Gasteiger partial charge in [0.05, 0.1) is 11.7 Å². The van der Waals surface area contributed by atoms with Gasteiger partial charge in [-0.25, -0.2) is 4.98 Å². The molecule has 2 aromatic heterocycles. The van der Waals surface area contributed by atoms with Gasteiger partial charge in [-0.05, 0) is 30.7 Å². The Kier molecular flexibility index (Phi) is 4.56. The molecule has 4 rings (SSSR count). The molecule has 1 amide bonds. The molecule has 0 bridgehead atoms. The van der Waals surface area contributed by atoms with Gasteiger partial charge < -0.3 is 5.32 Å². The molecule has 0 atom stereocenters. The van der Waals surface area contributed by atoms with Gasteiger partial charge in [-0.3, -0.25) is 14.2 Å². The Morgan fingerprint density at radius 2 is 1.85 bits per heavy atom. The molecular formula is C21H17N3O2S. The van der Waals surface area contributed by atoms with Gasteiger partial charge in [0.1, 0.15) is 11.4 Å². The number of nitrogens with one attached hydrogen (secondary N) is 1. The quantitative estimate of drug-likeness (QED) is 0.585. The van der Waals surface area contributed by atoms with Gasteiger partial charge in [0.2, 0.25) is 5.91 Å². The van der Waals surface area contributed by atoms with Crippen LogP contribution in [0.3, 0.4) is 0 Å². The summed E-state index contributed by atoms with van der Waals surface area (Å²) >= 11 is 1.47. The fourth-order valence-corrected chi connectivity index (χ4v) is 3.80. The van der Waals surface area contributed by atoms with Crippen molar-refractivity contribution in [3.63, 3.8) is 0 Å². The fourth-order valence-electron chi connectivity index (χ4n) is 2.81. The average molecular weight is 375 g/mol. The SMILES string of the molecule is Cc1ccc(NC(=O)Cn2cnc3sc(-c4ccccc4)cc3c2=O)cc1. The van der Waals surface area contributed by atoms with Gasteiger partial charge >= 0.3 is 0 Å². The molecule has 134 valence electrons. The summed E-state index contributed by atoms with van der Waals surface area (Å²) in [6, 6.07) is 19.2. The summed E-state index contributed by atoms with van der Waals surface area (Å²) in [7, 11) is 0. The molecule has 5 nitrogen and oxygen atoms in total. The first kappa shape index (κ1) is 17.2. The highest BCUT2D eigenvalue weighted by Crippen LogP contribution is 2.30. The van der Waals surface area contributed by atoms with Crippen molar-refractivity contribution in [3.8, 4) is 10.4 Å². The summed E-state index contributed by atoms with van der Waals surface area (Å²) in [6.07, 6.45) is 1.44. The molecular weight excluding hydrogens is 358 g/mol. The molecule has 0 saturated heterocycles. The Morgan fingerprint density at radius 3 is 2.59 bits per heavy atom. The summed E-state index contributed by atoms with van der Waals surface area (Å²) in [5.41, 5.74) is 2.65. The number of benzene rings is 2. The minimum Gasteiger partial charge on any atom is -0.325 e. The smallest absolute Gasteiger partial charge is 0.262 e. The number of thiophene rings is 1. The van der Waals surface area contributed by atoms with Crippen LogP contribution >= 0.6 is 11.3 Å². The predicted octanol–water partition coefficient (Wildman–Crippen LogP) is 4.07. The zero-order valence-corrected chi connectivity index (χ0v) is 15.5. The molecule has 2 heterocycles. The number of hydrogen-bond donors (Lipinski definition) is 1. The van der Waals surface area contributed by atoms with Crippen LogP contribution in [0.1, 0.15) is 5.56 Å². The minimum absolute atomic E-state index is 0.0772. The standard InChI is InChI=1S/C21H17N3O2S/c1-14-7-9-16(10-8-14)23-19(25)12-24-13-22-20-17(21(24)26)11-18(27-20)15-5-3-2-4-6-15/h2-11,13H,12H2,1H3,(H,23,25). The number of nitrogens with zero attached hydrogens (tertiary/aromatic N) is 2. The highest BCUT2D eigenvalue weighted by Gasteiger charge is 2.12.